The number of rotatable bonds is 18. The third-order valence-electron chi connectivity index (χ3n) is 4.49. The Balaban J connectivity index is 3.09. The van der Waals surface area contributed by atoms with Gasteiger partial charge in [-0.25, -0.2) is 4.79 Å². The van der Waals surface area contributed by atoms with Crippen molar-refractivity contribution in [2.75, 3.05) is 19.7 Å². The number of urea groups is 1. The van der Waals surface area contributed by atoms with Gasteiger partial charge in [0.1, 0.15) is 0 Å². The second-order valence-corrected chi connectivity index (χ2v) is 6.94. The number of carbonyl (C=O) groups is 2. The molecule has 0 radical (unpaired) electrons. The van der Waals surface area contributed by atoms with Gasteiger partial charge in [0.25, 0.3) is 0 Å². The van der Waals surface area contributed by atoms with Gasteiger partial charge in [0.05, 0.1) is 6.61 Å². The molecule has 0 bridgehead atoms. The summed E-state index contributed by atoms with van der Waals surface area (Å²) in [7, 11) is 0. The highest BCUT2D eigenvalue weighted by molar-refractivity contribution is 5.73. The molecule has 0 heterocycles. The van der Waals surface area contributed by atoms with Crippen LogP contribution in [0.25, 0.3) is 0 Å². The molecule has 0 spiro atoms. The van der Waals surface area contributed by atoms with Crippen LogP contribution in [0.5, 0.6) is 0 Å². The molecule has 0 aromatic rings. The molecule has 5 heteroatoms. The molecule has 5 nitrogen and oxygen atoms in total. The number of ether oxygens (including phenoxy) is 1. The second-order valence-electron chi connectivity index (χ2n) is 6.94. The average Bonchev–Trinajstić information content (AvgIpc) is 2.61. The Labute approximate surface area is 161 Å². The van der Waals surface area contributed by atoms with Gasteiger partial charge in [0, 0.05) is 19.5 Å². The third-order valence-corrected chi connectivity index (χ3v) is 4.49. The smallest absolute Gasteiger partial charge is 0.314 e. The Kier molecular flexibility index (Phi) is 19.1. The van der Waals surface area contributed by atoms with E-state index in [9.17, 15) is 9.59 Å². The molecule has 0 aromatic heterocycles. The Morgan fingerprint density at radius 3 is 1.58 bits per heavy atom. The van der Waals surface area contributed by atoms with Crippen molar-refractivity contribution in [3.8, 4) is 0 Å². The summed E-state index contributed by atoms with van der Waals surface area (Å²) in [5.74, 6) is -0.0502. The van der Waals surface area contributed by atoms with E-state index in [1.165, 1.54) is 64.2 Å². The lowest BCUT2D eigenvalue weighted by molar-refractivity contribution is -0.143. The molecular weight excluding hydrogens is 328 g/mol. The zero-order valence-corrected chi connectivity index (χ0v) is 17.2. The standard InChI is InChI=1S/C21H42N2O3/c1-3-22-21(25)23-19-17-15-13-11-9-7-5-6-8-10-12-14-16-18-20(24)26-4-2/h3-19H2,1-2H3,(H2,22,23,25). The van der Waals surface area contributed by atoms with Gasteiger partial charge in [0.15, 0.2) is 0 Å². The summed E-state index contributed by atoms with van der Waals surface area (Å²) in [6.07, 6.45) is 16.8. The molecule has 0 rings (SSSR count). The predicted molar refractivity (Wildman–Crippen MR) is 108 cm³/mol. The minimum Gasteiger partial charge on any atom is -0.466 e. The average molecular weight is 371 g/mol. The quantitative estimate of drug-likeness (QED) is 0.253. The van der Waals surface area contributed by atoms with Crippen LogP contribution in [0.2, 0.25) is 0 Å². The van der Waals surface area contributed by atoms with Crippen molar-refractivity contribution in [2.24, 2.45) is 0 Å². The monoisotopic (exact) mass is 370 g/mol. The fraction of sp³-hybridized carbons (Fsp3) is 0.905. The first-order chi connectivity index (χ1) is 12.7. The van der Waals surface area contributed by atoms with E-state index in [4.69, 9.17) is 4.74 Å². The minimum atomic E-state index is -0.0502. The molecular formula is C21H42N2O3. The van der Waals surface area contributed by atoms with Gasteiger partial charge in [0.2, 0.25) is 0 Å². The van der Waals surface area contributed by atoms with Crippen LogP contribution >= 0.6 is 0 Å². The normalized spacial score (nSPS) is 10.5. The molecule has 0 saturated heterocycles. The van der Waals surface area contributed by atoms with Crippen LogP contribution in [0.1, 0.15) is 104 Å². The zero-order chi connectivity index (χ0) is 19.3. The van der Waals surface area contributed by atoms with Crippen molar-refractivity contribution in [2.45, 2.75) is 104 Å². The Hall–Kier alpha value is -1.26. The summed E-state index contributed by atoms with van der Waals surface area (Å²) in [5, 5.41) is 5.60. The molecule has 26 heavy (non-hydrogen) atoms. The summed E-state index contributed by atoms with van der Waals surface area (Å²) in [4.78, 5) is 22.4. The fourth-order valence-corrected chi connectivity index (χ4v) is 3.00. The first kappa shape index (κ1) is 24.7. The summed E-state index contributed by atoms with van der Waals surface area (Å²) in [5.41, 5.74) is 0. The lowest BCUT2D eigenvalue weighted by Crippen LogP contribution is -2.35. The van der Waals surface area contributed by atoms with E-state index in [1.54, 1.807) is 0 Å². The van der Waals surface area contributed by atoms with Crippen LogP contribution in [0, 0.1) is 0 Å². The van der Waals surface area contributed by atoms with E-state index < -0.39 is 0 Å². The highest BCUT2D eigenvalue weighted by Gasteiger charge is 2.00. The van der Waals surface area contributed by atoms with E-state index in [-0.39, 0.29) is 12.0 Å². The van der Waals surface area contributed by atoms with Crippen LogP contribution in [0.4, 0.5) is 4.79 Å². The number of esters is 1. The first-order valence-electron chi connectivity index (χ1n) is 10.9. The van der Waals surface area contributed by atoms with Crippen LogP contribution < -0.4 is 10.6 Å². The molecule has 2 amide bonds. The largest absolute Gasteiger partial charge is 0.466 e. The van der Waals surface area contributed by atoms with Gasteiger partial charge in [-0.3, -0.25) is 4.79 Å². The molecule has 0 aliphatic heterocycles. The number of carbonyl (C=O) groups excluding carboxylic acids is 2. The van der Waals surface area contributed by atoms with Crippen molar-refractivity contribution >= 4 is 12.0 Å². The number of hydrogen-bond donors (Lipinski definition) is 2. The predicted octanol–water partition coefficient (Wildman–Crippen LogP) is 5.33. The van der Waals surface area contributed by atoms with E-state index in [1.807, 2.05) is 13.8 Å². The highest BCUT2D eigenvalue weighted by atomic mass is 16.5. The Morgan fingerprint density at radius 1 is 0.654 bits per heavy atom. The molecule has 0 aromatic carbocycles. The number of unbranched alkanes of at least 4 members (excludes halogenated alkanes) is 12. The maximum atomic E-state index is 11.2. The molecule has 154 valence electrons. The number of nitrogens with one attached hydrogen (secondary N) is 2. The number of amides is 2. The van der Waals surface area contributed by atoms with Gasteiger partial charge in [-0.1, -0.05) is 70.6 Å². The summed E-state index contributed by atoms with van der Waals surface area (Å²) >= 11 is 0. The minimum absolute atomic E-state index is 0.0495. The molecule has 0 atom stereocenters. The van der Waals surface area contributed by atoms with Crippen LogP contribution in [-0.2, 0) is 9.53 Å². The second kappa shape index (κ2) is 20.1. The highest BCUT2D eigenvalue weighted by Crippen LogP contribution is 2.13. The van der Waals surface area contributed by atoms with Crippen molar-refractivity contribution in [1.82, 2.24) is 10.6 Å². The fourth-order valence-electron chi connectivity index (χ4n) is 3.00. The van der Waals surface area contributed by atoms with Gasteiger partial charge in [-0.05, 0) is 26.7 Å². The maximum Gasteiger partial charge on any atom is 0.314 e. The SMILES string of the molecule is CCNC(=O)NCCCCCCCCCCCCCCCC(=O)OCC. The van der Waals surface area contributed by atoms with E-state index in [0.29, 0.717) is 19.6 Å². The van der Waals surface area contributed by atoms with Crippen molar-refractivity contribution in [3.05, 3.63) is 0 Å². The van der Waals surface area contributed by atoms with Crippen LogP contribution in [0.15, 0.2) is 0 Å². The Morgan fingerprint density at radius 2 is 1.12 bits per heavy atom. The van der Waals surface area contributed by atoms with Crippen molar-refractivity contribution in [3.63, 3.8) is 0 Å². The van der Waals surface area contributed by atoms with Crippen molar-refractivity contribution < 1.29 is 14.3 Å². The van der Waals surface area contributed by atoms with Gasteiger partial charge >= 0.3 is 12.0 Å². The van der Waals surface area contributed by atoms with Crippen LogP contribution in [0.3, 0.4) is 0 Å². The van der Waals surface area contributed by atoms with E-state index in [0.717, 1.165) is 25.8 Å². The molecule has 0 unspecified atom stereocenters. The molecule has 0 saturated carbocycles. The van der Waals surface area contributed by atoms with Crippen LogP contribution in [-0.4, -0.2) is 31.7 Å². The molecule has 0 aliphatic rings. The first-order valence-corrected chi connectivity index (χ1v) is 10.9. The summed E-state index contributed by atoms with van der Waals surface area (Å²) in [6.45, 7) is 5.74. The van der Waals surface area contributed by atoms with Gasteiger partial charge in [-0.15, -0.1) is 0 Å². The summed E-state index contributed by atoms with van der Waals surface area (Å²) in [6, 6.07) is -0.0495. The van der Waals surface area contributed by atoms with Gasteiger partial charge < -0.3 is 15.4 Å². The topological polar surface area (TPSA) is 67.4 Å². The zero-order valence-electron chi connectivity index (χ0n) is 17.2. The van der Waals surface area contributed by atoms with E-state index >= 15 is 0 Å². The van der Waals surface area contributed by atoms with Gasteiger partial charge in [-0.2, -0.15) is 0 Å². The lowest BCUT2D eigenvalue weighted by atomic mass is 10.0. The maximum absolute atomic E-state index is 11.2. The Bertz CT molecular complexity index is 303. The number of hydrogen-bond acceptors (Lipinski definition) is 3. The third kappa shape index (κ3) is 19.1. The summed E-state index contributed by atoms with van der Waals surface area (Å²) < 4.78 is 4.92. The van der Waals surface area contributed by atoms with E-state index in [2.05, 4.69) is 10.6 Å². The molecule has 0 aliphatic carbocycles. The lowest BCUT2D eigenvalue weighted by Gasteiger charge is -2.06. The molecule has 0 fully saturated rings. The molecule has 2 N–H and O–H groups in total. The van der Waals surface area contributed by atoms with Crippen molar-refractivity contribution in [1.29, 1.82) is 0 Å².